The third-order valence-corrected chi connectivity index (χ3v) is 6.84. The molecule has 2 aliphatic rings. The molecule has 5 rings (SSSR count). The number of halogens is 1. The number of nitrogens with zero attached hydrogens (tertiary/aromatic N) is 2. The second-order valence-corrected chi connectivity index (χ2v) is 8.46. The second-order valence-electron chi connectivity index (χ2n) is 6.57. The number of aromatic nitrogens is 2. The van der Waals surface area contributed by atoms with E-state index in [4.69, 9.17) is 9.47 Å². The van der Waals surface area contributed by atoms with Gasteiger partial charge < -0.3 is 14.5 Å². The van der Waals surface area contributed by atoms with Gasteiger partial charge in [-0.05, 0) is 43.2 Å². The zero-order valence-electron chi connectivity index (χ0n) is 14.2. The highest BCUT2D eigenvalue weighted by molar-refractivity contribution is 7.89. The second kappa shape index (κ2) is 5.93. The molecule has 1 atom stereocenters. The van der Waals surface area contributed by atoms with Gasteiger partial charge in [0.25, 0.3) is 0 Å². The van der Waals surface area contributed by atoms with Crippen molar-refractivity contribution in [1.29, 1.82) is 0 Å². The molecule has 0 bridgehead atoms. The van der Waals surface area contributed by atoms with E-state index in [2.05, 4.69) is 9.97 Å². The first-order chi connectivity index (χ1) is 13.0. The number of imidazole rings is 1. The molecule has 1 saturated heterocycles. The van der Waals surface area contributed by atoms with Crippen LogP contribution in [0.25, 0.3) is 11.0 Å². The van der Waals surface area contributed by atoms with E-state index in [1.807, 2.05) is 0 Å². The Balaban J connectivity index is 1.52. The van der Waals surface area contributed by atoms with Crippen molar-refractivity contribution < 1.29 is 22.3 Å². The quantitative estimate of drug-likeness (QED) is 0.745. The van der Waals surface area contributed by atoms with E-state index < -0.39 is 16.1 Å². The van der Waals surface area contributed by atoms with Crippen molar-refractivity contribution in [3.63, 3.8) is 0 Å². The Morgan fingerprint density at radius 2 is 2.00 bits per heavy atom. The maximum atomic E-state index is 13.4. The SMILES string of the molecule is O=S(=O)(c1ccc2c(c1)OCO2)N1CCCC1c1nc2ccc(F)cc2[nH]1. The number of H-pyrrole nitrogens is 1. The Labute approximate surface area is 154 Å². The molecule has 9 heteroatoms. The number of nitrogens with one attached hydrogen (secondary N) is 1. The van der Waals surface area contributed by atoms with Crippen LogP contribution in [0.5, 0.6) is 11.5 Å². The van der Waals surface area contributed by atoms with Gasteiger partial charge >= 0.3 is 0 Å². The van der Waals surface area contributed by atoms with Crippen molar-refractivity contribution in [2.24, 2.45) is 0 Å². The number of ether oxygens (including phenoxy) is 2. The maximum absolute atomic E-state index is 13.4. The normalized spacial score (nSPS) is 19.8. The predicted molar refractivity (Wildman–Crippen MR) is 94.5 cm³/mol. The summed E-state index contributed by atoms with van der Waals surface area (Å²) >= 11 is 0. The van der Waals surface area contributed by atoms with E-state index in [1.54, 1.807) is 12.1 Å². The lowest BCUT2D eigenvalue weighted by Gasteiger charge is -2.22. The van der Waals surface area contributed by atoms with Crippen LogP contribution in [-0.2, 0) is 10.0 Å². The molecule has 1 aromatic heterocycles. The predicted octanol–water partition coefficient (Wildman–Crippen LogP) is 2.96. The lowest BCUT2D eigenvalue weighted by molar-refractivity contribution is 0.174. The minimum atomic E-state index is -3.74. The topological polar surface area (TPSA) is 84.5 Å². The van der Waals surface area contributed by atoms with Gasteiger partial charge in [0.05, 0.1) is 22.0 Å². The van der Waals surface area contributed by atoms with E-state index in [0.29, 0.717) is 41.3 Å². The van der Waals surface area contributed by atoms with Crippen molar-refractivity contribution >= 4 is 21.1 Å². The third-order valence-electron chi connectivity index (χ3n) is 4.93. The lowest BCUT2D eigenvalue weighted by atomic mass is 10.2. The van der Waals surface area contributed by atoms with Crippen molar-refractivity contribution in [3.8, 4) is 11.5 Å². The zero-order chi connectivity index (χ0) is 18.6. The molecule has 1 unspecified atom stereocenters. The minimum Gasteiger partial charge on any atom is -0.454 e. The highest BCUT2D eigenvalue weighted by Gasteiger charge is 2.38. The Hall–Kier alpha value is -2.65. The average Bonchev–Trinajstić information content (AvgIpc) is 3.38. The summed E-state index contributed by atoms with van der Waals surface area (Å²) in [5.41, 5.74) is 1.16. The molecule has 1 N–H and O–H groups in total. The molecular formula is C18H16FN3O4S. The Bertz CT molecular complexity index is 1140. The van der Waals surface area contributed by atoms with Crippen LogP contribution in [-0.4, -0.2) is 36.0 Å². The summed E-state index contributed by atoms with van der Waals surface area (Å²) in [6, 6.07) is 8.46. The Morgan fingerprint density at radius 1 is 1.15 bits per heavy atom. The van der Waals surface area contributed by atoms with Crippen LogP contribution in [0.1, 0.15) is 24.7 Å². The summed E-state index contributed by atoms with van der Waals surface area (Å²) in [7, 11) is -3.74. The number of fused-ring (bicyclic) bond motifs is 2. The van der Waals surface area contributed by atoms with Gasteiger partial charge in [0.15, 0.2) is 11.5 Å². The lowest BCUT2D eigenvalue weighted by Crippen LogP contribution is -2.31. The monoisotopic (exact) mass is 389 g/mol. The van der Waals surface area contributed by atoms with Gasteiger partial charge in [-0.15, -0.1) is 0 Å². The first-order valence-corrected chi connectivity index (χ1v) is 10.0. The number of hydrogen-bond acceptors (Lipinski definition) is 5. The van der Waals surface area contributed by atoms with Crippen molar-refractivity contribution in [3.05, 3.63) is 48.0 Å². The summed E-state index contributed by atoms with van der Waals surface area (Å²) in [4.78, 5) is 7.70. The van der Waals surface area contributed by atoms with E-state index >= 15 is 0 Å². The van der Waals surface area contributed by atoms with Crippen LogP contribution < -0.4 is 9.47 Å². The van der Waals surface area contributed by atoms with E-state index in [0.717, 1.165) is 6.42 Å². The van der Waals surface area contributed by atoms with Gasteiger partial charge in [0, 0.05) is 12.6 Å². The largest absolute Gasteiger partial charge is 0.454 e. The maximum Gasteiger partial charge on any atom is 0.243 e. The number of benzene rings is 2. The van der Waals surface area contributed by atoms with Gasteiger partial charge in [0.1, 0.15) is 11.6 Å². The van der Waals surface area contributed by atoms with Gasteiger partial charge in [0.2, 0.25) is 16.8 Å². The number of rotatable bonds is 3. The minimum absolute atomic E-state index is 0.0840. The summed E-state index contributed by atoms with van der Waals surface area (Å²) in [6.07, 6.45) is 1.37. The van der Waals surface area contributed by atoms with Crippen LogP contribution in [0.3, 0.4) is 0 Å². The zero-order valence-corrected chi connectivity index (χ0v) is 15.0. The summed E-state index contributed by atoms with van der Waals surface area (Å²) < 4.78 is 51.9. The van der Waals surface area contributed by atoms with E-state index in [9.17, 15) is 12.8 Å². The number of sulfonamides is 1. The summed E-state index contributed by atoms with van der Waals surface area (Å²) in [5, 5.41) is 0. The molecule has 2 aliphatic heterocycles. The molecule has 0 radical (unpaired) electrons. The van der Waals surface area contributed by atoms with Crippen LogP contribution in [0, 0.1) is 5.82 Å². The standard InChI is InChI=1S/C18H16FN3O4S/c19-11-3-5-13-14(8-11)21-18(20-13)15-2-1-7-22(15)27(23,24)12-4-6-16-17(9-12)26-10-25-16/h3-6,8-9,15H,1-2,7,10H2,(H,20,21). The number of aromatic amines is 1. The molecule has 3 aromatic rings. The molecule has 0 aliphatic carbocycles. The smallest absolute Gasteiger partial charge is 0.243 e. The fourth-order valence-electron chi connectivity index (χ4n) is 3.63. The fraction of sp³-hybridized carbons (Fsp3) is 0.278. The van der Waals surface area contributed by atoms with Gasteiger partial charge in [-0.2, -0.15) is 4.31 Å². The molecule has 7 nitrogen and oxygen atoms in total. The van der Waals surface area contributed by atoms with E-state index in [1.165, 1.54) is 28.6 Å². The van der Waals surface area contributed by atoms with Gasteiger partial charge in [-0.1, -0.05) is 0 Å². The number of hydrogen-bond donors (Lipinski definition) is 1. The molecule has 0 amide bonds. The van der Waals surface area contributed by atoms with Crippen LogP contribution in [0.2, 0.25) is 0 Å². The molecule has 0 saturated carbocycles. The first-order valence-electron chi connectivity index (χ1n) is 8.59. The van der Waals surface area contributed by atoms with Gasteiger partial charge in [-0.25, -0.2) is 17.8 Å². The van der Waals surface area contributed by atoms with Crippen molar-refractivity contribution in [1.82, 2.24) is 14.3 Å². The molecule has 1 fully saturated rings. The highest BCUT2D eigenvalue weighted by atomic mass is 32.2. The average molecular weight is 389 g/mol. The molecule has 3 heterocycles. The fourth-order valence-corrected chi connectivity index (χ4v) is 5.31. The molecule has 0 spiro atoms. The van der Waals surface area contributed by atoms with Crippen LogP contribution in [0.4, 0.5) is 4.39 Å². The highest BCUT2D eigenvalue weighted by Crippen LogP contribution is 2.39. The molecule has 27 heavy (non-hydrogen) atoms. The van der Waals surface area contributed by atoms with Gasteiger partial charge in [-0.3, -0.25) is 0 Å². The van der Waals surface area contributed by atoms with Crippen LogP contribution >= 0.6 is 0 Å². The van der Waals surface area contributed by atoms with E-state index in [-0.39, 0.29) is 17.5 Å². The Kier molecular flexibility index (Phi) is 3.63. The molecule has 2 aromatic carbocycles. The first kappa shape index (κ1) is 16.5. The molecular weight excluding hydrogens is 373 g/mol. The van der Waals surface area contributed by atoms with Crippen molar-refractivity contribution in [2.75, 3.05) is 13.3 Å². The summed E-state index contributed by atoms with van der Waals surface area (Å²) in [6.45, 7) is 0.480. The Morgan fingerprint density at radius 3 is 2.89 bits per heavy atom. The van der Waals surface area contributed by atoms with Crippen LogP contribution in [0.15, 0.2) is 41.3 Å². The molecule has 140 valence electrons. The third kappa shape index (κ3) is 2.65. The summed E-state index contributed by atoms with van der Waals surface area (Å²) in [5.74, 6) is 1.11. The van der Waals surface area contributed by atoms with Crippen molar-refractivity contribution in [2.45, 2.75) is 23.8 Å².